The minimum absolute atomic E-state index is 0.118. The van der Waals surface area contributed by atoms with Crippen LogP contribution in [0.5, 0.6) is 0 Å². The topological polar surface area (TPSA) is 37.2 Å². The van der Waals surface area contributed by atoms with Crippen molar-refractivity contribution in [1.29, 1.82) is 0 Å². The summed E-state index contributed by atoms with van der Waals surface area (Å²) in [5.41, 5.74) is 3.66. The van der Waals surface area contributed by atoms with Crippen molar-refractivity contribution >= 4 is 34.4 Å². The maximum absolute atomic E-state index is 6.35. The second-order valence-corrected chi connectivity index (χ2v) is 9.13. The third kappa shape index (κ3) is 3.32. The number of halogens is 1. The fourth-order valence-corrected chi connectivity index (χ4v) is 4.21. The second-order valence-electron chi connectivity index (χ2n) is 8.72. The highest BCUT2D eigenvalue weighted by Gasteiger charge is 2.29. The van der Waals surface area contributed by atoms with Gasteiger partial charge in [0.15, 0.2) is 0 Å². The van der Waals surface area contributed by atoms with Gasteiger partial charge in [-0.1, -0.05) is 38.4 Å². The van der Waals surface area contributed by atoms with Crippen molar-refractivity contribution < 1.29 is 0 Å². The van der Waals surface area contributed by atoms with Gasteiger partial charge in [-0.05, 0) is 42.2 Å². The molecule has 0 unspecified atom stereocenters. The summed E-state index contributed by atoms with van der Waals surface area (Å²) in [6.45, 7) is 11.6. The van der Waals surface area contributed by atoms with Crippen molar-refractivity contribution in [2.45, 2.75) is 39.2 Å². The number of hydrogen-bond donors (Lipinski definition) is 0. The highest BCUT2D eigenvalue weighted by atomic mass is 35.5. The first-order valence-electron chi connectivity index (χ1n) is 9.85. The Labute approximate surface area is 171 Å². The van der Waals surface area contributed by atoms with Crippen LogP contribution in [0.1, 0.15) is 33.3 Å². The lowest BCUT2D eigenvalue weighted by Gasteiger charge is -2.41. The maximum Gasteiger partial charge on any atom is 0.206 e. The highest BCUT2D eigenvalue weighted by molar-refractivity contribution is 6.32. The van der Waals surface area contributed by atoms with Crippen molar-refractivity contribution in [3.63, 3.8) is 0 Å². The smallest absolute Gasteiger partial charge is 0.206 e. The molecule has 0 N–H and O–H groups in total. The lowest BCUT2D eigenvalue weighted by atomic mass is 9.87. The van der Waals surface area contributed by atoms with Crippen LogP contribution in [0.2, 0.25) is 5.02 Å². The molecule has 3 aromatic rings. The van der Waals surface area contributed by atoms with Gasteiger partial charge in [0, 0.05) is 38.9 Å². The Balaban J connectivity index is 1.62. The van der Waals surface area contributed by atoms with E-state index in [1.807, 2.05) is 12.1 Å². The molecule has 1 saturated heterocycles. The summed E-state index contributed by atoms with van der Waals surface area (Å²) < 4.78 is 2.21. The average Bonchev–Trinajstić information content (AvgIpc) is 2.97. The van der Waals surface area contributed by atoms with Crippen molar-refractivity contribution in [2.75, 3.05) is 29.4 Å². The minimum Gasteiger partial charge on any atom is -0.352 e. The summed E-state index contributed by atoms with van der Waals surface area (Å²) in [6, 6.07) is 10.7. The first-order chi connectivity index (χ1) is 13.3. The number of imidazole rings is 1. The molecule has 1 fully saturated rings. The van der Waals surface area contributed by atoms with E-state index in [1.165, 1.54) is 11.1 Å². The molecule has 3 heterocycles. The molecule has 4 rings (SSSR count). The van der Waals surface area contributed by atoms with Gasteiger partial charge in [-0.3, -0.25) is 0 Å². The zero-order valence-electron chi connectivity index (χ0n) is 17.3. The molecule has 0 saturated carbocycles. The van der Waals surface area contributed by atoms with E-state index in [0.717, 1.165) is 36.9 Å². The van der Waals surface area contributed by atoms with Gasteiger partial charge >= 0.3 is 0 Å². The van der Waals surface area contributed by atoms with E-state index in [1.54, 1.807) is 6.20 Å². The van der Waals surface area contributed by atoms with E-state index < -0.39 is 0 Å². The second kappa shape index (κ2) is 6.96. The van der Waals surface area contributed by atoms with Crippen LogP contribution in [0, 0.1) is 0 Å². The molecule has 1 aliphatic heterocycles. The van der Waals surface area contributed by atoms with Gasteiger partial charge in [0.2, 0.25) is 5.95 Å². The summed E-state index contributed by atoms with van der Waals surface area (Å²) in [5.74, 6) is 1.90. The van der Waals surface area contributed by atoms with Crippen LogP contribution in [0.25, 0.3) is 11.0 Å². The molecule has 0 aliphatic carbocycles. The van der Waals surface area contributed by atoms with E-state index in [4.69, 9.17) is 16.6 Å². The largest absolute Gasteiger partial charge is 0.352 e. The molecule has 0 radical (unpaired) electrons. The Bertz CT molecular complexity index is 1000. The zero-order valence-corrected chi connectivity index (χ0v) is 18.0. The molecule has 6 heteroatoms. The Hall–Kier alpha value is -2.27. The molecule has 1 aliphatic rings. The maximum atomic E-state index is 6.35. The number of pyridine rings is 1. The summed E-state index contributed by atoms with van der Waals surface area (Å²) in [4.78, 5) is 14.1. The molecule has 148 valence electrons. The summed E-state index contributed by atoms with van der Waals surface area (Å²) >= 11 is 6.35. The number of aromatic nitrogens is 3. The molecular weight excluding hydrogens is 370 g/mol. The molecule has 0 spiro atoms. The van der Waals surface area contributed by atoms with Crippen molar-refractivity contribution in [3.05, 3.63) is 47.1 Å². The normalized spacial score (nSPS) is 18.1. The Morgan fingerprint density at radius 1 is 1.14 bits per heavy atom. The lowest BCUT2D eigenvalue weighted by molar-refractivity contribution is 0.533. The van der Waals surface area contributed by atoms with Crippen molar-refractivity contribution in [3.8, 4) is 0 Å². The molecule has 28 heavy (non-hydrogen) atoms. The van der Waals surface area contributed by atoms with Gasteiger partial charge in [-0.2, -0.15) is 0 Å². The van der Waals surface area contributed by atoms with Crippen LogP contribution >= 0.6 is 11.6 Å². The van der Waals surface area contributed by atoms with Crippen LogP contribution < -0.4 is 9.80 Å². The highest BCUT2D eigenvalue weighted by Crippen LogP contribution is 2.31. The summed E-state index contributed by atoms with van der Waals surface area (Å²) in [5, 5.41) is 0.709. The quantitative estimate of drug-likeness (QED) is 0.631. The van der Waals surface area contributed by atoms with Gasteiger partial charge in [0.1, 0.15) is 5.82 Å². The van der Waals surface area contributed by atoms with Gasteiger partial charge in [0.05, 0.1) is 16.1 Å². The Morgan fingerprint density at radius 3 is 2.61 bits per heavy atom. The number of nitrogens with zero attached hydrogens (tertiary/aromatic N) is 5. The predicted molar refractivity (Wildman–Crippen MR) is 118 cm³/mol. The molecule has 0 amide bonds. The van der Waals surface area contributed by atoms with E-state index >= 15 is 0 Å². The SMILES string of the molecule is C[C@@H]1CN(c2ncccc2Cl)CCN1c1nc2cc(C(C)(C)C)ccc2n1C. The molecule has 5 nitrogen and oxygen atoms in total. The van der Waals surface area contributed by atoms with Crippen molar-refractivity contribution in [2.24, 2.45) is 7.05 Å². The van der Waals surface area contributed by atoms with E-state index in [9.17, 15) is 0 Å². The molecular formula is C22H28ClN5. The fourth-order valence-electron chi connectivity index (χ4n) is 3.97. The Kier molecular flexibility index (Phi) is 4.74. The first-order valence-corrected chi connectivity index (χ1v) is 10.2. The van der Waals surface area contributed by atoms with Crippen LogP contribution in [-0.2, 0) is 12.5 Å². The van der Waals surface area contributed by atoms with E-state index in [-0.39, 0.29) is 5.41 Å². The van der Waals surface area contributed by atoms with Gasteiger partial charge < -0.3 is 14.4 Å². The van der Waals surface area contributed by atoms with E-state index in [2.05, 4.69) is 72.3 Å². The average molecular weight is 398 g/mol. The van der Waals surface area contributed by atoms with Gasteiger partial charge in [0.25, 0.3) is 0 Å². The number of rotatable bonds is 2. The number of aryl methyl sites for hydroxylation is 1. The zero-order chi connectivity index (χ0) is 20.1. The van der Waals surface area contributed by atoms with Crippen LogP contribution in [0.15, 0.2) is 36.5 Å². The third-order valence-electron chi connectivity index (χ3n) is 5.65. The Morgan fingerprint density at radius 2 is 1.93 bits per heavy atom. The standard InChI is InChI=1S/C22H28ClN5/c1-15-14-27(20-17(23)7-6-10-24-20)11-12-28(15)21-25-18-13-16(22(2,3)4)8-9-19(18)26(21)5/h6-10,13,15H,11-12,14H2,1-5H3/t15-/m1/s1. The molecule has 1 aromatic carbocycles. The fraction of sp³-hybridized carbons (Fsp3) is 0.455. The molecule has 1 atom stereocenters. The van der Waals surface area contributed by atoms with Crippen molar-refractivity contribution in [1.82, 2.24) is 14.5 Å². The molecule has 2 aromatic heterocycles. The number of piperazine rings is 1. The first kappa shape index (κ1) is 19.1. The van der Waals surface area contributed by atoms with Gasteiger partial charge in [-0.25, -0.2) is 9.97 Å². The summed E-state index contributed by atoms with van der Waals surface area (Å²) in [7, 11) is 2.11. The number of anilines is 2. The van der Waals surface area contributed by atoms with Crippen LogP contribution in [-0.4, -0.2) is 40.2 Å². The van der Waals surface area contributed by atoms with Crippen LogP contribution in [0.4, 0.5) is 11.8 Å². The lowest BCUT2D eigenvalue weighted by Crippen LogP contribution is -2.53. The monoisotopic (exact) mass is 397 g/mol. The number of fused-ring (bicyclic) bond motifs is 1. The number of benzene rings is 1. The number of hydrogen-bond acceptors (Lipinski definition) is 4. The third-order valence-corrected chi connectivity index (χ3v) is 5.94. The predicted octanol–water partition coefficient (Wildman–Crippen LogP) is 4.63. The van der Waals surface area contributed by atoms with Crippen LogP contribution in [0.3, 0.4) is 0 Å². The minimum atomic E-state index is 0.118. The van der Waals surface area contributed by atoms with Gasteiger partial charge in [-0.15, -0.1) is 0 Å². The summed E-state index contributed by atoms with van der Waals surface area (Å²) in [6.07, 6.45) is 1.80. The molecule has 0 bridgehead atoms. The van der Waals surface area contributed by atoms with E-state index in [0.29, 0.717) is 11.1 Å².